The van der Waals surface area contributed by atoms with E-state index in [1.54, 1.807) is 24.5 Å². The highest BCUT2D eigenvalue weighted by atomic mass is 35.5. The van der Waals surface area contributed by atoms with E-state index in [1.165, 1.54) is 7.11 Å². The summed E-state index contributed by atoms with van der Waals surface area (Å²) in [4.78, 5) is 17.6. The molecule has 0 heterocycles. The van der Waals surface area contributed by atoms with Gasteiger partial charge in [0.1, 0.15) is 0 Å². The van der Waals surface area contributed by atoms with Crippen molar-refractivity contribution in [1.82, 2.24) is 0 Å². The van der Waals surface area contributed by atoms with E-state index in [1.807, 2.05) is 42.3 Å². The molecule has 0 amide bonds. The zero-order chi connectivity index (χ0) is 15.2. The predicted octanol–water partition coefficient (Wildman–Crippen LogP) is 3.92. The first kappa shape index (κ1) is 15.1. The van der Waals surface area contributed by atoms with E-state index in [4.69, 9.17) is 11.6 Å². The lowest BCUT2D eigenvalue weighted by Crippen LogP contribution is -2.13. The smallest absolute Gasteiger partial charge is 0.337 e. The summed E-state index contributed by atoms with van der Waals surface area (Å²) in [6, 6.07) is 14.7. The second-order valence-electron chi connectivity index (χ2n) is 4.35. The maximum atomic E-state index is 11.4. The third-order valence-electron chi connectivity index (χ3n) is 2.90. The Morgan fingerprint density at radius 1 is 1.24 bits per heavy atom. The standard InChI is InChI=1S/C16H15ClN2O2/c1-19(13-6-4-3-5-7-13)11-18-15-9-8-12(10-14(15)17)16(20)21-2/h3-11H,1-2H3. The Balaban J connectivity index is 2.16. The molecule has 0 saturated carbocycles. The van der Waals surface area contributed by atoms with Crippen molar-refractivity contribution in [1.29, 1.82) is 0 Å². The number of carbonyl (C=O) groups excluding carboxylic acids is 1. The number of anilines is 1. The zero-order valence-electron chi connectivity index (χ0n) is 11.8. The van der Waals surface area contributed by atoms with Crippen LogP contribution in [0.3, 0.4) is 0 Å². The maximum absolute atomic E-state index is 11.4. The Morgan fingerprint density at radius 2 is 1.95 bits per heavy atom. The quantitative estimate of drug-likeness (QED) is 0.488. The van der Waals surface area contributed by atoms with Gasteiger partial charge in [-0.3, -0.25) is 0 Å². The van der Waals surface area contributed by atoms with E-state index < -0.39 is 5.97 Å². The molecule has 0 aliphatic heterocycles. The SMILES string of the molecule is COC(=O)c1ccc(N=CN(C)c2ccccc2)c(Cl)c1. The van der Waals surface area contributed by atoms with Crippen molar-refractivity contribution in [2.24, 2.45) is 4.99 Å². The molecule has 2 aromatic rings. The van der Waals surface area contributed by atoms with Gasteiger partial charge in [-0.25, -0.2) is 9.79 Å². The molecule has 2 aromatic carbocycles. The van der Waals surface area contributed by atoms with Gasteiger partial charge in [0.15, 0.2) is 0 Å². The first-order valence-corrected chi connectivity index (χ1v) is 6.69. The van der Waals surface area contributed by atoms with E-state index in [0.717, 1.165) is 5.69 Å². The fourth-order valence-electron chi connectivity index (χ4n) is 1.74. The average molecular weight is 303 g/mol. The number of halogens is 1. The summed E-state index contributed by atoms with van der Waals surface area (Å²) < 4.78 is 4.64. The molecule has 0 aliphatic carbocycles. The summed E-state index contributed by atoms with van der Waals surface area (Å²) in [5.74, 6) is -0.422. The Kier molecular flexibility index (Phi) is 4.95. The Bertz CT molecular complexity index is 657. The number of benzene rings is 2. The molecule has 0 aliphatic rings. The summed E-state index contributed by atoms with van der Waals surface area (Å²) in [5, 5.41) is 0.399. The normalized spacial score (nSPS) is 10.6. The number of rotatable bonds is 4. The summed E-state index contributed by atoms with van der Waals surface area (Å²) in [7, 11) is 3.23. The summed E-state index contributed by atoms with van der Waals surface area (Å²) in [5.41, 5.74) is 2.01. The van der Waals surface area contributed by atoms with Gasteiger partial charge in [0.25, 0.3) is 0 Å². The molecule has 5 heteroatoms. The lowest BCUT2D eigenvalue weighted by atomic mass is 10.2. The van der Waals surface area contributed by atoms with Crippen molar-refractivity contribution in [3.8, 4) is 0 Å². The highest BCUT2D eigenvalue weighted by Gasteiger charge is 2.08. The molecule has 0 N–H and O–H groups in total. The molecule has 2 rings (SSSR count). The van der Waals surface area contributed by atoms with Gasteiger partial charge in [-0.1, -0.05) is 29.8 Å². The Morgan fingerprint density at radius 3 is 2.57 bits per heavy atom. The van der Waals surface area contributed by atoms with Crippen LogP contribution in [-0.2, 0) is 4.74 Å². The van der Waals surface area contributed by atoms with Crippen molar-refractivity contribution in [3.05, 3.63) is 59.1 Å². The number of hydrogen-bond acceptors (Lipinski definition) is 3. The predicted molar refractivity (Wildman–Crippen MR) is 85.8 cm³/mol. The van der Waals surface area contributed by atoms with Crippen LogP contribution in [0.15, 0.2) is 53.5 Å². The number of nitrogens with zero attached hydrogens (tertiary/aromatic N) is 2. The van der Waals surface area contributed by atoms with Gasteiger partial charge in [-0.15, -0.1) is 0 Å². The molecule has 108 valence electrons. The maximum Gasteiger partial charge on any atom is 0.337 e. The van der Waals surface area contributed by atoms with Crippen LogP contribution in [0.5, 0.6) is 0 Å². The van der Waals surface area contributed by atoms with Gasteiger partial charge in [-0.05, 0) is 30.3 Å². The van der Waals surface area contributed by atoms with Crippen LogP contribution in [0.1, 0.15) is 10.4 Å². The fraction of sp³-hybridized carbons (Fsp3) is 0.125. The average Bonchev–Trinajstić information content (AvgIpc) is 2.53. The number of aliphatic imine (C=N–C) groups is 1. The number of carbonyl (C=O) groups is 1. The van der Waals surface area contributed by atoms with Crippen molar-refractivity contribution in [2.45, 2.75) is 0 Å². The van der Waals surface area contributed by atoms with Crippen LogP contribution in [0.25, 0.3) is 0 Å². The van der Waals surface area contributed by atoms with E-state index in [-0.39, 0.29) is 0 Å². The molecular formula is C16H15ClN2O2. The second kappa shape index (κ2) is 6.90. The first-order chi connectivity index (χ1) is 10.1. The molecular weight excluding hydrogens is 288 g/mol. The minimum atomic E-state index is -0.422. The van der Waals surface area contributed by atoms with Gasteiger partial charge in [0.05, 0.1) is 29.7 Å². The number of hydrogen-bond donors (Lipinski definition) is 0. The first-order valence-electron chi connectivity index (χ1n) is 6.32. The minimum Gasteiger partial charge on any atom is -0.465 e. The molecule has 4 nitrogen and oxygen atoms in total. The Hall–Kier alpha value is -2.33. The van der Waals surface area contributed by atoms with E-state index in [9.17, 15) is 4.79 Å². The van der Waals surface area contributed by atoms with Crippen LogP contribution in [0, 0.1) is 0 Å². The molecule has 0 saturated heterocycles. The van der Waals surface area contributed by atoms with E-state index in [0.29, 0.717) is 16.3 Å². The van der Waals surface area contributed by atoms with Gasteiger partial charge in [0.2, 0.25) is 0 Å². The Labute approximate surface area is 128 Å². The zero-order valence-corrected chi connectivity index (χ0v) is 12.5. The van der Waals surface area contributed by atoms with Crippen LogP contribution in [-0.4, -0.2) is 26.5 Å². The molecule has 0 atom stereocenters. The van der Waals surface area contributed by atoms with Crippen LogP contribution >= 0.6 is 11.6 Å². The number of para-hydroxylation sites is 1. The van der Waals surface area contributed by atoms with Gasteiger partial charge in [0, 0.05) is 12.7 Å². The summed E-state index contributed by atoms with van der Waals surface area (Å²) >= 11 is 6.12. The molecule has 0 bridgehead atoms. The minimum absolute atomic E-state index is 0.399. The lowest BCUT2D eigenvalue weighted by Gasteiger charge is -2.12. The van der Waals surface area contributed by atoms with Crippen LogP contribution in [0.4, 0.5) is 11.4 Å². The van der Waals surface area contributed by atoms with Crippen molar-refractivity contribution >= 4 is 35.3 Å². The third kappa shape index (κ3) is 3.83. The van der Waals surface area contributed by atoms with Crippen molar-refractivity contribution in [3.63, 3.8) is 0 Å². The van der Waals surface area contributed by atoms with Gasteiger partial charge in [-0.2, -0.15) is 0 Å². The highest BCUT2D eigenvalue weighted by molar-refractivity contribution is 6.33. The number of methoxy groups -OCH3 is 1. The third-order valence-corrected chi connectivity index (χ3v) is 3.21. The van der Waals surface area contributed by atoms with Gasteiger partial charge >= 0.3 is 5.97 Å². The number of esters is 1. The monoisotopic (exact) mass is 302 g/mol. The van der Waals surface area contributed by atoms with Crippen molar-refractivity contribution < 1.29 is 9.53 Å². The lowest BCUT2D eigenvalue weighted by molar-refractivity contribution is 0.0601. The molecule has 0 aromatic heterocycles. The molecule has 21 heavy (non-hydrogen) atoms. The largest absolute Gasteiger partial charge is 0.465 e. The van der Waals surface area contributed by atoms with Gasteiger partial charge < -0.3 is 9.64 Å². The van der Waals surface area contributed by atoms with E-state index in [2.05, 4.69) is 9.73 Å². The highest BCUT2D eigenvalue weighted by Crippen LogP contribution is 2.26. The summed E-state index contributed by atoms with van der Waals surface area (Å²) in [6.45, 7) is 0. The number of ether oxygens (including phenoxy) is 1. The molecule has 0 fully saturated rings. The van der Waals surface area contributed by atoms with Crippen LogP contribution in [0.2, 0.25) is 5.02 Å². The van der Waals surface area contributed by atoms with E-state index >= 15 is 0 Å². The summed E-state index contributed by atoms with van der Waals surface area (Å²) in [6.07, 6.45) is 1.67. The van der Waals surface area contributed by atoms with Crippen molar-refractivity contribution in [2.75, 3.05) is 19.1 Å². The molecule has 0 unspecified atom stereocenters. The second-order valence-corrected chi connectivity index (χ2v) is 4.76. The molecule has 0 spiro atoms. The fourth-order valence-corrected chi connectivity index (χ4v) is 1.96. The van der Waals surface area contributed by atoms with Crippen LogP contribution < -0.4 is 4.90 Å². The molecule has 0 radical (unpaired) electrons. The topological polar surface area (TPSA) is 41.9 Å².